The molecule has 2 aromatic carbocycles. The number of para-hydroxylation sites is 2. The number of carbonyl (C=O) groups is 1. The second kappa shape index (κ2) is 6.24. The quantitative estimate of drug-likeness (QED) is 0.797. The minimum Gasteiger partial charge on any atom is -0.348 e. The Bertz CT molecular complexity index is 1000. The fourth-order valence-electron chi connectivity index (χ4n) is 3.82. The third-order valence-corrected chi connectivity index (χ3v) is 5.01. The standard InChI is InChI=1S/C20H21N3O2/c1-2-22-17-9-5-6-10-18(17)23(20(22)25)13-19(24)21-16-12-11-14-7-3-4-8-15(14)16/h3-10,16H,2,11-13H2,1H3,(H,21,24). The van der Waals surface area contributed by atoms with Gasteiger partial charge in [-0.25, -0.2) is 4.79 Å². The first kappa shape index (κ1) is 15.7. The van der Waals surface area contributed by atoms with E-state index in [2.05, 4.69) is 17.4 Å². The van der Waals surface area contributed by atoms with Gasteiger partial charge in [-0.3, -0.25) is 13.9 Å². The van der Waals surface area contributed by atoms with Gasteiger partial charge < -0.3 is 5.32 Å². The summed E-state index contributed by atoms with van der Waals surface area (Å²) in [5, 5.41) is 3.09. The number of nitrogens with zero attached hydrogens (tertiary/aromatic N) is 2. The van der Waals surface area contributed by atoms with Crippen LogP contribution in [0, 0.1) is 0 Å². The number of nitrogens with one attached hydrogen (secondary N) is 1. The van der Waals surface area contributed by atoms with E-state index in [9.17, 15) is 9.59 Å². The van der Waals surface area contributed by atoms with Gasteiger partial charge in [-0.1, -0.05) is 36.4 Å². The maximum Gasteiger partial charge on any atom is 0.329 e. The van der Waals surface area contributed by atoms with Crippen molar-refractivity contribution < 1.29 is 4.79 Å². The maximum atomic E-state index is 12.6. The van der Waals surface area contributed by atoms with Gasteiger partial charge in [0.25, 0.3) is 0 Å². The minimum atomic E-state index is -0.134. The Morgan fingerprint density at radius 3 is 2.52 bits per heavy atom. The number of benzene rings is 2. The van der Waals surface area contributed by atoms with Crippen LogP contribution in [0.1, 0.15) is 30.5 Å². The average molecular weight is 335 g/mol. The molecule has 1 aliphatic carbocycles. The fourth-order valence-corrected chi connectivity index (χ4v) is 3.82. The topological polar surface area (TPSA) is 56.0 Å². The van der Waals surface area contributed by atoms with Crippen LogP contribution in [0.25, 0.3) is 11.0 Å². The SMILES string of the molecule is CCn1c(=O)n(CC(=O)NC2CCc3ccccc32)c2ccccc21. The van der Waals surface area contributed by atoms with Gasteiger partial charge in [0, 0.05) is 6.54 Å². The number of aryl methyl sites for hydroxylation is 2. The van der Waals surface area contributed by atoms with Crippen LogP contribution in [-0.4, -0.2) is 15.0 Å². The summed E-state index contributed by atoms with van der Waals surface area (Å²) in [6.07, 6.45) is 1.90. The van der Waals surface area contributed by atoms with E-state index in [0.717, 1.165) is 23.9 Å². The molecule has 1 atom stereocenters. The highest BCUT2D eigenvalue weighted by Crippen LogP contribution is 2.30. The third kappa shape index (κ3) is 2.65. The van der Waals surface area contributed by atoms with E-state index in [-0.39, 0.29) is 24.2 Å². The summed E-state index contributed by atoms with van der Waals surface area (Å²) in [7, 11) is 0. The van der Waals surface area contributed by atoms with E-state index in [1.165, 1.54) is 11.1 Å². The van der Waals surface area contributed by atoms with Crippen molar-refractivity contribution in [2.45, 2.75) is 38.9 Å². The van der Waals surface area contributed by atoms with Crippen molar-refractivity contribution in [1.82, 2.24) is 14.5 Å². The van der Waals surface area contributed by atoms with E-state index < -0.39 is 0 Å². The summed E-state index contributed by atoms with van der Waals surface area (Å²) in [4.78, 5) is 25.2. The van der Waals surface area contributed by atoms with Crippen LogP contribution < -0.4 is 11.0 Å². The van der Waals surface area contributed by atoms with Gasteiger partial charge >= 0.3 is 5.69 Å². The van der Waals surface area contributed by atoms with E-state index in [0.29, 0.717) is 6.54 Å². The zero-order chi connectivity index (χ0) is 17.4. The molecule has 1 N–H and O–H groups in total. The molecule has 0 bridgehead atoms. The lowest BCUT2D eigenvalue weighted by molar-refractivity contribution is -0.122. The number of amides is 1. The van der Waals surface area contributed by atoms with Crippen molar-refractivity contribution in [2.75, 3.05) is 0 Å². The molecule has 0 aliphatic heterocycles. The monoisotopic (exact) mass is 335 g/mol. The largest absolute Gasteiger partial charge is 0.348 e. The molecule has 0 radical (unpaired) electrons. The lowest BCUT2D eigenvalue weighted by atomic mass is 10.1. The Hall–Kier alpha value is -2.82. The molecule has 0 saturated carbocycles. The summed E-state index contributed by atoms with van der Waals surface area (Å²) < 4.78 is 3.27. The lowest BCUT2D eigenvalue weighted by Gasteiger charge is -2.14. The van der Waals surface area contributed by atoms with E-state index in [1.807, 2.05) is 43.3 Å². The van der Waals surface area contributed by atoms with Crippen LogP contribution in [0.5, 0.6) is 0 Å². The van der Waals surface area contributed by atoms with E-state index in [1.54, 1.807) is 9.13 Å². The van der Waals surface area contributed by atoms with Gasteiger partial charge in [0.1, 0.15) is 6.54 Å². The number of hydrogen-bond acceptors (Lipinski definition) is 2. The second-order valence-corrected chi connectivity index (χ2v) is 6.46. The van der Waals surface area contributed by atoms with Gasteiger partial charge in [-0.05, 0) is 43.0 Å². The molecule has 1 aliphatic rings. The minimum absolute atomic E-state index is 0.0407. The van der Waals surface area contributed by atoms with Crippen LogP contribution in [0.3, 0.4) is 0 Å². The first-order valence-corrected chi connectivity index (χ1v) is 8.74. The molecule has 5 nitrogen and oxygen atoms in total. The van der Waals surface area contributed by atoms with E-state index >= 15 is 0 Å². The summed E-state index contributed by atoms with van der Waals surface area (Å²) in [5.41, 5.74) is 4.03. The molecule has 3 aromatic rings. The molecular weight excluding hydrogens is 314 g/mol. The summed E-state index contributed by atoms with van der Waals surface area (Å²) in [6, 6.07) is 15.9. The number of fused-ring (bicyclic) bond motifs is 2. The zero-order valence-corrected chi connectivity index (χ0v) is 14.2. The second-order valence-electron chi connectivity index (χ2n) is 6.46. The van der Waals surface area contributed by atoms with Crippen LogP contribution in [-0.2, 0) is 24.3 Å². The molecule has 1 unspecified atom stereocenters. The Morgan fingerprint density at radius 2 is 1.76 bits per heavy atom. The summed E-state index contributed by atoms with van der Waals surface area (Å²) >= 11 is 0. The van der Waals surface area contributed by atoms with Gasteiger partial charge in [0.15, 0.2) is 0 Å². The lowest BCUT2D eigenvalue weighted by Crippen LogP contribution is -2.34. The van der Waals surface area contributed by atoms with Crippen LogP contribution in [0.15, 0.2) is 53.3 Å². The predicted molar refractivity (Wildman–Crippen MR) is 97.5 cm³/mol. The van der Waals surface area contributed by atoms with E-state index in [4.69, 9.17) is 0 Å². The van der Waals surface area contributed by atoms with Crippen molar-refractivity contribution >= 4 is 16.9 Å². The highest BCUT2D eigenvalue weighted by molar-refractivity contribution is 5.81. The highest BCUT2D eigenvalue weighted by atomic mass is 16.2. The smallest absolute Gasteiger partial charge is 0.329 e. The molecule has 1 amide bonds. The van der Waals surface area contributed by atoms with Crippen molar-refractivity contribution in [3.05, 3.63) is 70.1 Å². The summed E-state index contributed by atoms with van der Waals surface area (Å²) in [6.45, 7) is 2.57. The number of carbonyl (C=O) groups excluding carboxylic acids is 1. The molecule has 0 fully saturated rings. The molecular formula is C20H21N3O2. The van der Waals surface area contributed by atoms with Gasteiger partial charge in [-0.2, -0.15) is 0 Å². The van der Waals surface area contributed by atoms with Crippen molar-refractivity contribution in [3.63, 3.8) is 0 Å². The molecule has 0 saturated heterocycles. The van der Waals surface area contributed by atoms with Gasteiger partial charge in [0.05, 0.1) is 17.1 Å². The average Bonchev–Trinajstić information content (AvgIpc) is 3.15. The van der Waals surface area contributed by atoms with Gasteiger partial charge in [0.2, 0.25) is 5.91 Å². The molecule has 1 heterocycles. The number of rotatable bonds is 4. The number of imidazole rings is 1. The zero-order valence-electron chi connectivity index (χ0n) is 14.2. The molecule has 4 rings (SSSR count). The number of hydrogen-bond donors (Lipinski definition) is 1. The normalized spacial score (nSPS) is 16.1. The van der Waals surface area contributed by atoms with Crippen LogP contribution in [0.4, 0.5) is 0 Å². The molecule has 128 valence electrons. The van der Waals surface area contributed by atoms with Gasteiger partial charge in [-0.15, -0.1) is 0 Å². The Labute approximate surface area is 145 Å². The Kier molecular flexibility index (Phi) is 3.92. The number of aromatic nitrogens is 2. The van der Waals surface area contributed by atoms with Crippen molar-refractivity contribution in [1.29, 1.82) is 0 Å². The van der Waals surface area contributed by atoms with Crippen LogP contribution in [0.2, 0.25) is 0 Å². The first-order valence-electron chi connectivity index (χ1n) is 8.74. The fraction of sp³-hybridized carbons (Fsp3) is 0.300. The van der Waals surface area contributed by atoms with Crippen molar-refractivity contribution in [2.24, 2.45) is 0 Å². The molecule has 0 spiro atoms. The predicted octanol–water partition coefficient (Wildman–Crippen LogP) is 2.63. The molecule has 25 heavy (non-hydrogen) atoms. The Morgan fingerprint density at radius 1 is 1.08 bits per heavy atom. The molecule has 5 heteroatoms. The van der Waals surface area contributed by atoms with Crippen LogP contribution >= 0.6 is 0 Å². The van der Waals surface area contributed by atoms with Crippen molar-refractivity contribution in [3.8, 4) is 0 Å². The third-order valence-electron chi connectivity index (χ3n) is 5.01. The maximum absolute atomic E-state index is 12.6. The first-order chi connectivity index (χ1) is 12.2. The molecule has 1 aromatic heterocycles. The highest BCUT2D eigenvalue weighted by Gasteiger charge is 2.24. The summed E-state index contributed by atoms with van der Waals surface area (Å²) in [5.74, 6) is -0.122. The Balaban J connectivity index is 1.59.